The summed E-state index contributed by atoms with van der Waals surface area (Å²) < 4.78 is 0. The molecule has 0 fully saturated rings. The molecule has 82 valence electrons. The normalized spacial score (nSPS) is 10.3. The van der Waals surface area contributed by atoms with Gasteiger partial charge in [-0.25, -0.2) is 0 Å². The average Bonchev–Trinajstić information content (AvgIpc) is 2.19. The molecule has 0 aliphatic heterocycles. The molecular formula is C13H19NO. The number of rotatable bonds is 5. The highest BCUT2D eigenvalue weighted by Gasteiger charge is 2.05. The molecule has 0 radical (unpaired) electrons. The fourth-order valence-corrected chi connectivity index (χ4v) is 1.64. The number of Topliss-reactive ketones (excluding diaryl/α,β-unsaturated/α-hetero) is 1. The number of hydrogen-bond acceptors (Lipinski definition) is 2. The SMILES string of the molecule is Cc1ccc(CC(=O)CCCN)c(C)c1. The van der Waals surface area contributed by atoms with Crippen LogP contribution in [0.15, 0.2) is 18.2 Å². The Morgan fingerprint density at radius 3 is 2.67 bits per heavy atom. The third-order valence-electron chi connectivity index (χ3n) is 2.55. The van der Waals surface area contributed by atoms with Gasteiger partial charge in [-0.15, -0.1) is 0 Å². The van der Waals surface area contributed by atoms with Crippen molar-refractivity contribution in [2.24, 2.45) is 5.73 Å². The minimum absolute atomic E-state index is 0.285. The van der Waals surface area contributed by atoms with Crippen LogP contribution < -0.4 is 5.73 Å². The van der Waals surface area contributed by atoms with Crippen molar-refractivity contribution < 1.29 is 4.79 Å². The molecule has 0 bridgehead atoms. The van der Waals surface area contributed by atoms with E-state index in [1.165, 1.54) is 11.1 Å². The highest BCUT2D eigenvalue weighted by molar-refractivity contribution is 5.81. The maximum Gasteiger partial charge on any atom is 0.137 e. The molecule has 15 heavy (non-hydrogen) atoms. The van der Waals surface area contributed by atoms with Crippen LogP contribution in [0.5, 0.6) is 0 Å². The summed E-state index contributed by atoms with van der Waals surface area (Å²) in [6.07, 6.45) is 1.94. The van der Waals surface area contributed by atoms with Crippen LogP contribution in [0, 0.1) is 13.8 Å². The Kier molecular flexibility index (Phi) is 4.50. The van der Waals surface area contributed by atoms with Crippen molar-refractivity contribution in [3.63, 3.8) is 0 Å². The Labute approximate surface area is 91.5 Å². The van der Waals surface area contributed by atoms with Crippen molar-refractivity contribution in [3.05, 3.63) is 34.9 Å². The van der Waals surface area contributed by atoms with Gasteiger partial charge in [-0.1, -0.05) is 23.8 Å². The molecule has 0 aliphatic carbocycles. The summed E-state index contributed by atoms with van der Waals surface area (Å²) in [4.78, 5) is 11.6. The van der Waals surface area contributed by atoms with Gasteiger partial charge in [0.25, 0.3) is 0 Å². The van der Waals surface area contributed by atoms with Gasteiger partial charge < -0.3 is 5.73 Å². The molecule has 0 saturated heterocycles. The molecule has 0 atom stereocenters. The Morgan fingerprint density at radius 1 is 1.33 bits per heavy atom. The van der Waals surface area contributed by atoms with Crippen molar-refractivity contribution in [3.8, 4) is 0 Å². The Morgan fingerprint density at radius 2 is 2.07 bits per heavy atom. The molecule has 0 heterocycles. The van der Waals surface area contributed by atoms with Crippen LogP contribution >= 0.6 is 0 Å². The van der Waals surface area contributed by atoms with Gasteiger partial charge in [0, 0.05) is 12.8 Å². The third kappa shape index (κ3) is 3.84. The van der Waals surface area contributed by atoms with Crippen LogP contribution in [-0.4, -0.2) is 12.3 Å². The Balaban J connectivity index is 2.60. The van der Waals surface area contributed by atoms with Crippen molar-refractivity contribution >= 4 is 5.78 Å². The van der Waals surface area contributed by atoms with E-state index in [-0.39, 0.29) is 5.78 Å². The van der Waals surface area contributed by atoms with Gasteiger partial charge in [-0.2, -0.15) is 0 Å². The zero-order valence-electron chi connectivity index (χ0n) is 9.55. The Hall–Kier alpha value is -1.15. The highest BCUT2D eigenvalue weighted by Crippen LogP contribution is 2.12. The number of nitrogens with two attached hydrogens (primary N) is 1. The molecule has 2 N–H and O–H groups in total. The summed E-state index contributed by atoms with van der Waals surface area (Å²) in [5.41, 5.74) is 8.96. The van der Waals surface area contributed by atoms with E-state index in [1.54, 1.807) is 0 Å². The van der Waals surface area contributed by atoms with Crippen LogP contribution in [0.3, 0.4) is 0 Å². The first-order chi connectivity index (χ1) is 7.13. The second-order valence-electron chi connectivity index (χ2n) is 4.04. The summed E-state index contributed by atoms with van der Waals surface area (Å²) in [5.74, 6) is 0.285. The van der Waals surface area contributed by atoms with E-state index in [4.69, 9.17) is 5.73 Å². The highest BCUT2D eigenvalue weighted by atomic mass is 16.1. The summed E-state index contributed by atoms with van der Waals surface area (Å²) >= 11 is 0. The molecule has 1 aromatic rings. The first-order valence-corrected chi connectivity index (χ1v) is 5.41. The van der Waals surface area contributed by atoms with Gasteiger partial charge >= 0.3 is 0 Å². The third-order valence-corrected chi connectivity index (χ3v) is 2.55. The van der Waals surface area contributed by atoms with E-state index in [9.17, 15) is 4.79 Å². The minimum atomic E-state index is 0.285. The predicted molar refractivity (Wildman–Crippen MR) is 62.9 cm³/mol. The maximum atomic E-state index is 11.6. The van der Waals surface area contributed by atoms with E-state index < -0.39 is 0 Å². The molecule has 0 unspecified atom stereocenters. The van der Waals surface area contributed by atoms with Crippen molar-refractivity contribution in [2.75, 3.05) is 6.54 Å². The number of hydrogen-bond donors (Lipinski definition) is 1. The van der Waals surface area contributed by atoms with Gasteiger partial charge in [0.05, 0.1) is 0 Å². The van der Waals surface area contributed by atoms with Crippen molar-refractivity contribution in [1.82, 2.24) is 0 Å². The molecule has 1 aromatic carbocycles. The molecule has 0 aliphatic rings. The molecule has 0 spiro atoms. The van der Waals surface area contributed by atoms with Crippen LogP contribution in [0.4, 0.5) is 0 Å². The van der Waals surface area contributed by atoms with Gasteiger partial charge in [0.15, 0.2) is 0 Å². The summed E-state index contributed by atoms with van der Waals surface area (Å²) in [5, 5.41) is 0. The second kappa shape index (κ2) is 5.66. The quantitative estimate of drug-likeness (QED) is 0.800. The molecular weight excluding hydrogens is 186 g/mol. The lowest BCUT2D eigenvalue weighted by Crippen LogP contribution is -2.07. The molecule has 2 nitrogen and oxygen atoms in total. The number of carbonyl (C=O) groups is 1. The van der Waals surface area contributed by atoms with E-state index in [0.29, 0.717) is 19.4 Å². The Bertz CT molecular complexity index is 344. The van der Waals surface area contributed by atoms with Gasteiger partial charge in [0.1, 0.15) is 5.78 Å². The van der Waals surface area contributed by atoms with Gasteiger partial charge in [0.2, 0.25) is 0 Å². The number of ketones is 1. The van der Waals surface area contributed by atoms with Crippen molar-refractivity contribution in [2.45, 2.75) is 33.1 Å². The summed E-state index contributed by atoms with van der Waals surface area (Å²) in [7, 11) is 0. The smallest absolute Gasteiger partial charge is 0.137 e. The van der Waals surface area contributed by atoms with E-state index in [1.807, 2.05) is 6.07 Å². The van der Waals surface area contributed by atoms with E-state index >= 15 is 0 Å². The summed E-state index contributed by atoms with van der Waals surface area (Å²) in [6.45, 7) is 4.71. The van der Waals surface area contributed by atoms with E-state index in [0.717, 1.165) is 12.0 Å². The summed E-state index contributed by atoms with van der Waals surface area (Å²) in [6, 6.07) is 6.22. The lowest BCUT2D eigenvalue weighted by atomic mass is 9.99. The fraction of sp³-hybridized carbons (Fsp3) is 0.462. The predicted octanol–water partition coefficient (Wildman–Crippen LogP) is 2.15. The standard InChI is InChI=1S/C13H19NO/c1-10-5-6-12(11(2)8-10)9-13(15)4-3-7-14/h5-6,8H,3-4,7,9,14H2,1-2H3. The topological polar surface area (TPSA) is 43.1 Å². The zero-order valence-corrected chi connectivity index (χ0v) is 9.55. The second-order valence-corrected chi connectivity index (χ2v) is 4.04. The molecule has 1 rings (SSSR count). The first kappa shape index (κ1) is 11.9. The fourth-order valence-electron chi connectivity index (χ4n) is 1.64. The molecule has 0 aromatic heterocycles. The molecule has 2 heteroatoms. The molecule has 0 saturated carbocycles. The zero-order chi connectivity index (χ0) is 11.3. The lowest BCUT2D eigenvalue weighted by Gasteiger charge is -2.05. The largest absolute Gasteiger partial charge is 0.330 e. The number of aryl methyl sites for hydroxylation is 2. The van der Waals surface area contributed by atoms with Gasteiger partial charge in [-0.3, -0.25) is 4.79 Å². The monoisotopic (exact) mass is 205 g/mol. The van der Waals surface area contributed by atoms with Crippen molar-refractivity contribution in [1.29, 1.82) is 0 Å². The first-order valence-electron chi connectivity index (χ1n) is 5.41. The lowest BCUT2D eigenvalue weighted by molar-refractivity contribution is -0.118. The van der Waals surface area contributed by atoms with Gasteiger partial charge in [-0.05, 0) is 37.9 Å². The van der Waals surface area contributed by atoms with E-state index in [2.05, 4.69) is 26.0 Å². The van der Waals surface area contributed by atoms with Crippen LogP contribution in [-0.2, 0) is 11.2 Å². The number of benzene rings is 1. The van der Waals surface area contributed by atoms with Crippen LogP contribution in [0.1, 0.15) is 29.5 Å². The molecule has 0 amide bonds. The van der Waals surface area contributed by atoms with Crippen LogP contribution in [0.25, 0.3) is 0 Å². The number of carbonyl (C=O) groups excluding carboxylic acids is 1. The minimum Gasteiger partial charge on any atom is -0.330 e. The maximum absolute atomic E-state index is 11.6. The average molecular weight is 205 g/mol. The van der Waals surface area contributed by atoms with Crippen LogP contribution in [0.2, 0.25) is 0 Å².